The van der Waals surface area contributed by atoms with Crippen LogP contribution in [0.1, 0.15) is 41.0 Å². The van der Waals surface area contributed by atoms with Gasteiger partial charge < -0.3 is 10.2 Å². The molecule has 0 bridgehead atoms. The summed E-state index contributed by atoms with van der Waals surface area (Å²) in [7, 11) is 0. The number of carbonyl (C=O) groups is 1. The zero-order valence-corrected chi connectivity index (χ0v) is 13.6. The van der Waals surface area contributed by atoms with E-state index >= 15 is 0 Å². The molecule has 2 aromatic heterocycles. The molecule has 1 aliphatic carbocycles. The number of hydrogen-bond acceptors (Lipinski definition) is 5. The summed E-state index contributed by atoms with van der Waals surface area (Å²) in [5.41, 5.74) is 3.06. The van der Waals surface area contributed by atoms with Crippen molar-refractivity contribution < 1.29 is 4.79 Å². The minimum atomic E-state index is -0.0127. The average molecular weight is 326 g/mol. The van der Waals surface area contributed by atoms with Crippen LogP contribution in [0.4, 0.5) is 0 Å². The van der Waals surface area contributed by atoms with Gasteiger partial charge >= 0.3 is 0 Å². The van der Waals surface area contributed by atoms with Gasteiger partial charge in [-0.3, -0.25) is 14.9 Å². The molecule has 24 heavy (non-hydrogen) atoms. The highest BCUT2D eigenvalue weighted by atomic mass is 16.2. The van der Waals surface area contributed by atoms with Gasteiger partial charge in [0.1, 0.15) is 5.69 Å². The van der Waals surface area contributed by atoms with Crippen LogP contribution in [0.15, 0.2) is 24.8 Å². The molecule has 1 amide bonds. The van der Waals surface area contributed by atoms with E-state index in [-0.39, 0.29) is 5.91 Å². The largest absolute Gasteiger partial charge is 0.337 e. The first-order valence-electron chi connectivity index (χ1n) is 8.62. The lowest BCUT2D eigenvalue weighted by molar-refractivity contribution is 0.0694. The number of nitrogens with one attached hydrogen (secondary N) is 2. The molecular weight excluding hydrogens is 304 g/mol. The zero-order chi connectivity index (χ0) is 16.4. The third-order valence-electron chi connectivity index (χ3n) is 5.06. The van der Waals surface area contributed by atoms with Gasteiger partial charge in [0.25, 0.3) is 5.91 Å². The van der Waals surface area contributed by atoms with Crippen molar-refractivity contribution in [2.75, 3.05) is 13.1 Å². The molecule has 1 atom stereocenters. The smallest absolute Gasteiger partial charge is 0.274 e. The number of likely N-dealkylation sites (tertiary alicyclic amines) is 1. The van der Waals surface area contributed by atoms with Crippen molar-refractivity contribution in [2.45, 2.75) is 44.2 Å². The molecule has 1 fully saturated rings. The molecule has 1 saturated heterocycles. The van der Waals surface area contributed by atoms with Gasteiger partial charge in [0.2, 0.25) is 0 Å². The fraction of sp³-hybridized carbons (Fsp3) is 0.529. The number of aromatic amines is 1. The molecule has 3 heterocycles. The van der Waals surface area contributed by atoms with E-state index in [1.807, 2.05) is 11.1 Å². The second kappa shape index (κ2) is 6.68. The first-order chi connectivity index (χ1) is 11.8. The molecule has 7 nitrogen and oxygen atoms in total. The van der Waals surface area contributed by atoms with Crippen LogP contribution in [-0.4, -0.2) is 56.1 Å². The van der Waals surface area contributed by atoms with Crippen molar-refractivity contribution in [1.29, 1.82) is 0 Å². The van der Waals surface area contributed by atoms with Crippen LogP contribution >= 0.6 is 0 Å². The first-order valence-corrected chi connectivity index (χ1v) is 8.62. The van der Waals surface area contributed by atoms with Crippen LogP contribution in [-0.2, 0) is 12.8 Å². The number of aromatic nitrogens is 4. The molecule has 7 heteroatoms. The number of fused-ring (bicyclic) bond motifs is 1. The van der Waals surface area contributed by atoms with Gasteiger partial charge in [0.05, 0.1) is 12.4 Å². The zero-order valence-electron chi connectivity index (χ0n) is 13.6. The van der Waals surface area contributed by atoms with Crippen LogP contribution in [0.5, 0.6) is 0 Å². The van der Waals surface area contributed by atoms with Gasteiger partial charge in [-0.1, -0.05) is 0 Å². The Morgan fingerprint density at radius 2 is 2.04 bits per heavy atom. The lowest BCUT2D eigenvalue weighted by atomic mass is 9.92. The number of rotatable bonds is 3. The second-order valence-corrected chi connectivity index (χ2v) is 6.64. The van der Waals surface area contributed by atoms with E-state index in [0.717, 1.165) is 45.2 Å². The number of piperidine rings is 1. The maximum atomic E-state index is 12.4. The maximum Gasteiger partial charge on any atom is 0.274 e. The SMILES string of the molecule is O=C(c1cnccn1)N1CCC(N[C@@H]2CCc3cn[nH]c3C2)CC1. The summed E-state index contributed by atoms with van der Waals surface area (Å²) >= 11 is 0. The third kappa shape index (κ3) is 3.17. The number of amides is 1. The molecule has 0 unspecified atom stereocenters. The summed E-state index contributed by atoms with van der Waals surface area (Å²) in [6, 6.07) is 0.982. The summed E-state index contributed by atoms with van der Waals surface area (Å²) in [6.45, 7) is 1.55. The van der Waals surface area contributed by atoms with Crippen molar-refractivity contribution in [1.82, 2.24) is 30.4 Å². The minimum Gasteiger partial charge on any atom is -0.337 e. The standard InChI is InChI=1S/C17H22N6O/c24-17(16-11-18-5-6-19-16)23-7-3-13(4-8-23)21-14-2-1-12-10-20-22-15(12)9-14/h5-6,10-11,13-14,21H,1-4,7-9H2,(H,20,22)/t14-/m1/s1. The molecule has 2 aliphatic rings. The second-order valence-electron chi connectivity index (χ2n) is 6.64. The maximum absolute atomic E-state index is 12.4. The van der Waals surface area contributed by atoms with Crippen molar-refractivity contribution in [2.24, 2.45) is 0 Å². The Balaban J connectivity index is 1.28. The minimum absolute atomic E-state index is 0.0127. The predicted octanol–water partition coefficient (Wildman–Crippen LogP) is 0.951. The Labute approximate surface area is 140 Å². The number of nitrogens with zero attached hydrogens (tertiary/aromatic N) is 4. The summed E-state index contributed by atoms with van der Waals surface area (Å²) in [5, 5.41) is 11.0. The highest BCUT2D eigenvalue weighted by Crippen LogP contribution is 2.21. The van der Waals surface area contributed by atoms with E-state index in [1.54, 1.807) is 12.4 Å². The fourth-order valence-corrected chi connectivity index (χ4v) is 3.70. The average Bonchev–Trinajstić information content (AvgIpc) is 3.10. The lowest BCUT2D eigenvalue weighted by Gasteiger charge is -2.35. The molecule has 0 saturated carbocycles. The summed E-state index contributed by atoms with van der Waals surface area (Å²) in [4.78, 5) is 22.4. The van der Waals surface area contributed by atoms with Crippen molar-refractivity contribution >= 4 is 5.91 Å². The van der Waals surface area contributed by atoms with Gasteiger partial charge in [0.15, 0.2) is 0 Å². The number of H-pyrrole nitrogens is 1. The van der Waals surface area contributed by atoms with Crippen molar-refractivity contribution in [3.8, 4) is 0 Å². The van der Waals surface area contributed by atoms with Gasteiger partial charge in [-0.25, -0.2) is 4.98 Å². The third-order valence-corrected chi connectivity index (χ3v) is 5.06. The molecule has 2 N–H and O–H groups in total. The monoisotopic (exact) mass is 326 g/mol. The Kier molecular flexibility index (Phi) is 4.25. The van der Waals surface area contributed by atoms with Crippen LogP contribution < -0.4 is 5.32 Å². The van der Waals surface area contributed by atoms with E-state index < -0.39 is 0 Å². The summed E-state index contributed by atoms with van der Waals surface area (Å²) in [6.07, 6.45) is 11.9. The van der Waals surface area contributed by atoms with Gasteiger partial charge in [0, 0.05) is 49.7 Å². The van der Waals surface area contributed by atoms with E-state index in [2.05, 4.69) is 25.5 Å². The predicted molar refractivity (Wildman–Crippen MR) is 88.5 cm³/mol. The Hall–Kier alpha value is -2.28. The molecule has 126 valence electrons. The Morgan fingerprint density at radius 1 is 1.17 bits per heavy atom. The molecule has 4 rings (SSSR count). The molecule has 0 aromatic carbocycles. The van der Waals surface area contributed by atoms with Crippen LogP contribution in [0, 0.1) is 0 Å². The van der Waals surface area contributed by atoms with E-state index in [0.29, 0.717) is 17.8 Å². The van der Waals surface area contributed by atoms with Crippen molar-refractivity contribution in [3.63, 3.8) is 0 Å². The number of carbonyl (C=O) groups excluding carboxylic acids is 1. The Bertz CT molecular complexity index is 692. The highest BCUT2D eigenvalue weighted by molar-refractivity contribution is 5.92. The topological polar surface area (TPSA) is 86.8 Å². The quantitative estimate of drug-likeness (QED) is 0.877. The Morgan fingerprint density at radius 3 is 2.83 bits per heavy atom. The van der Waals surface area contributed by atoms with Crippen LogP contribution in [0.2, 0.25) is 0 Å². The summed E-state index contributed by atoms with van der Waals surface area (Å²) < 4.78 is 0. The van der Waals surface area contributed by atoms with Gasteiger partial charge in [-0.15, -0.1) is 0 Å². The highest BCUT2D eigenvalue weighted by Gasteiger charge is 2.27. The summed E-state index contributed by atoms with van der Waals surface area (Å²) in [5.74, 6) is -0.0127. The fourth-order valence-electron chi connectivity index (χ4n) is 3.70. The van der Waals surface area contributed by atoms with E-state index in [9.17, 15) is 4.79 Å². The first kappa shape index (κ1) is 15.3. The molecule has 0 radical (unpaired) electrons. The van der Waals surface area contributed by atoms with Gasteiger partial charge in [-0.2, -0.15) is 5.10 Å². The number of aryl methyl sites for hydroxylation is 1. The molecule has 2 aromatic rings. The molecule has 0 spiro atoms. The van der Waals surface area contributed by atoms with Crippen LogP contribution in [0.25, 0.3) is 0 Å². The lowest BCUT2D eigenvalue weighted by Crippen LogP contribution is -2.49. The van der Waals surface area contributed by atoms with E-state index in [1.165, 1.54) is 17.5 Å². The molecular formula is C17H22N6O. The van der Waals surface area contributed by atoms with Gasteiger partial charge in [-0.05, 0) is 31.2 Å². The number of hydrogen-bond donors (Lipinski definition) is 2. The normalized spacial score (nSPS) is 21.5. The van der Waals surface area contributed by atoms with E-state index in [4.69, 9.17) is 0 Å². The van der Waals surface area contributed by atoms with Crippen LogP contribution in [0.3, 0.4) is 0 Å². The molecule has 1 aliphatic heterocycles. The van der Waals surface area contributed by atoms with Crippen molar-refractivity contribution in [3.05, 3.63) is 41.7 Å².